The minimum absolute atomic E-state index is 0.157. The molecular formula is C13H10Cl3N3OS. The Morgan fingerprint density at radius 1 is 1.24 bits per heavy atom. The van der Waals surface area contributed by atoms with Gasteiger partial charge < -0.3 is 11.1 Å². The van der Waals surface area contributed by atoms with Crippen molar-refractivity contribution in [1.29, 1.82) is 0 Å². The molecule has 8 heteroatoms. The number of carbonyl (C=O) groups excluding carboxylic acids is 1. The number of nitrogens with zero attached hydrogens (tertiary/aromatic N) is 1. The van der Waals surface area contributed by atoms with Gasteiger partial charge in [-0.05, 0) is 24.3 Å². The molecule has 1 aromatic heterocycles. The van der Waals surface area contributed by atoms with Crippen molar-refractivity contribution in [1.82, 2.24) is 4.98 Å². The van der Waals surface area contributed by atoms with Crippen LogP contribution in [0.4, 0.5) is 11.5 Å². The van der Waals surface area contributed by atoms with E-state index < -0.39 is 0 Å². The second-order valence-electron chi connectivity index (χ2n) is 4.01. The lowest BCUT2D eigenvalue weighted by molar-refractivity contribution is -0.113. The Balaban J connectivity index is 1.97. The van der Waals surface area contributed by atoms with Gasteiger partial charge in [0.25, 0.3) is 0 Å². The highest BCUT2D eigenvalue weighted by atomic mass is 35.5. The molecule has 2 aromatic rings. The number of anilines is 2. The van der Waals surface area contributed by atoms with Crippen LogP contribution in [0.2, 0.25) is 15.1 Å². The summed E-state index contributed by atoms with van der Waals surface area (Å²) < 4.78 is 0. The summed E-state index contributed by atoms with van der Waals surface area (Å²) in [7, 11) is 0. The molecule has 2 rings (SSSR count). The summed E-state index contributed by atoms with van der Waals surface area (Å²) >= 11 is 19.0. The first-order valence-corrected chi connectivity index (χ1v) is 7.86. The molecule has 0 aliphatic rings. The third-order valence-electron chi connectivity index (χ3n) is 2.38. The van der Waals surface area contributed by atoms with Crippen LogP contribution in [0.3, 0.4) is 0 Å². The summed E-state index contributed by atoms with van der Waals surface area (Å²) in [4.78, 5) is 16.6. The Hall–Kier alpha value is -1.14. The number of benzene rings is 1. The van der Waals surface area contributed by atoms with Crippen molar-refractivity contribution in [3.63, 3.8) is 0 Å². The number of carbonyl (C=O) groups is 1. The van der Waals surface area contributed by atoms with Crippen molar-refractivity contribution in [2.24, 2.45) is 0 Å². The fraction of sp³-hybridized carbons (Fsp3) is 0.0769. The molecule has 1 aromatic carbocycles. The van der Waals surface area contributed by atoms with E-state index in [9.17, 15) is 4.79 Å². The van der Waals surface area contributed by atoms with Crippen molar-refractivity contribution < 1.29 is 4.79 Å². The van der Waals surface area contributed by atoms with E-state index in [2.05, 4.69) is 10.3 Å². The van der Waals surface area contributed by atoms with Crippen LogP contribution in [0.5, 0.6) is 0 Å². The van der Waals surface area contributed by atoms with Crippen molar-refractivity contribution in [2.45, 2.75) is 4.90 Å². The number of hydrogen-bond donors (Lipinski definition) is 2. The van der Waals surface area contributed by atoms with E-state index in [4.69, 9.17) is 40.5 Å². The Morgan fingerprint density at radius 3 is 2.71 bits per heavy atom. The van der Waals surface area contributed by atoms with E-state index in [-0.39, 0.29) is 22.5 Å². The first-order chi connectivity index (χ1) is 9.95. The van der Waals surface area contributed by atoms with Gasteiger partial charge in [0.15, 0.2) is 5.82 Å². The number of hydrogen-bond acceptors (Lipinski definition) is 4. The fourth-order valence-electron chi connectivity index (χ4n) is 1.45. The smallest absolute Gasteiger partial charge is 0.235 e. The molecule has 110 valence electrons. The average Bonchev–Trinajstić information content (AvgIpc) is 2.43. The normalized spacial score (nSPS) is 10.4. The number of nitrogen functional groups attached to an aromatic ring is 1. The maximum atomic E-state index is 11.9. The van der Waals surface area contributed by atoms with Crippen molar-refractivity contribution >= 4 is 64.0 Å². The molecule has 0 saturated carbocycles. The Morgan fingerprint density at radius 2 is 2.00 bits per heavy atom. The van der Waals surface area contributed by atoms with E-state index in [1.165, 1.54) is 24.0 Å². The maximum Gasteiger partial charge on any atom is 0.235 e. The van der Waals surface area contributed by atoms with Crippen LogP contribution in [0.1, 0.15) is 0 Å². The number of thioether (sulfide) groups is 1. The van der Waals surface area contributed by atoms with Crippen LogP contribution in [-0.2, 0) is 4.79 Å². The molecule has 0 aliphatic carbocycles. The second-order valence-corrected chi connectivity index (χ2v) is 6.28. The zero-order valence-electron chi connectivity index (χ0n) is 10.6. The summed E-state index contributed by atoms with van der Waals surface area (Å²) in [5, 5.41) is 3.83. The van der Waals surface area contributed by atoms with Crippen LogP contribution < -0.4 is 11.1 Å². The molecule has 0 radical (unpaired) electrons. The highest BCUT2D eigenvalue weighted by molar-refractivity contribution is 8.00. The van der Waals surface area contributed by atoms with Crippen molar-refractivity contribution in [3.8, 4) is 0 Å². The lowest BCUT2D eigenvalue weighted by Crippen LogP contribution is -2.15. The molecule has 1 amide bonds. The van der Waals surface area contributed by atoms with Gasteiger partial charge in [0.2, 0.25) is 5.91 Å². The molecule has 4 nitrogen and oxygen atoms in total. The van der Waals surface area contributed by atoms with Crippen LogP contribution >= 0.6 is 46.6 Å². The minimum atomic E-state index is -0.254. The predicted molar refractivity (Wildman–Crippen MR) is 89.5 cm³/mol. The fourth-order valence-corrected chi connectivity index (χ4v) is 2.94. The third-order valence-corrected chi connectivity index (χ3v) is 4.37. The largest absolute Gasteiger partial charge is 0.399 e. The van der Waals surface area contributed by atoms with E-state index >= 15 is 0 Å². The number of aromatic nitrogens is 1. The first kappa shape index (κ1) is 16.2. The van der Waals surface area contributed by atoms with E-state index in [0.29, 0.717) is 15.7 Å². The van der Waals surface area contributed by atoms with Gasteiger partial charge in [-0.3, -0.25) is 4.79 Å². The molecule has 1 heterocycles. The lowest BCUT2D eigenvalue weighted by atomic mass is 10.3. The monoisotopic (exact) mass is 361 g/mol. The average molecular weight is 363 g/mol. The van der Waals surface area contributed by atoms with Gasteiger partial charge in [-0.2, -0.15) is 0 Å². The molecule has 0 saturated heterocycles. The molecule has 0 unspecified atom stereocenters. The van der Waals surface area contributed by atoms with Gasteiger partial charge in [-0.25, -0.2) is 4.98 Å². The molecule has 0 bridgehead atoms. The Kier molecular flexibility index (Phi) is 5.58. The third kappa shape index (κ3) is 4.68. The summed E-state index contributed by atoms with van der Waals surface area (Å²) in [6.07, 6.45) is 1.41. The number of rotatable bonds is 4. The summed E-state index contributed by atoms with van der Waals surface area (Å²) in [6, 6.07) is 6.61. The Bertz CT molecular complexity index is 682. The summed E-state index contributed by atoms with van der Waals surface area (Å²) in [5.74, 6) is 0.171. The first-order valence-electron chi connectivity index (χ1n) is 5.74. The number of pyridine rings is 1. The highest BCUT2D eigenvalue weighted by Crippen LogP contribution is 2.29. The van der Waals surface area contributed by atoms with Gasteiger partial charge in [0.05, 0.1) is 20.8 Å². The van der Waals surface area contributed by atoms with Crippen LogP contribution in [0, 0.1) is 0 Å². The minimum Gasteiger partial charge on any atom is -0.399 e. The number of nitrogens with two attached hydrogens (primary N) is 1. The molecular weight excluding hydrogens is 353 g/mol. The lowest BCUT2D eigenvalue weighted by Gasteiger charge is -2.07. The van der Waals surface area contributed by atoms with Crippen molar-refractivity contribution in [2.75, 3.05) is 16.8 Å². The molecule has 3 N–H and O–H groups in total. The van der Waals surface area contributed by atoms with Crippen molar-refractivity contribution in [3.05, 3.63) is 45.5 Å². The van der Waals surface area contributed by atoms with Crippen LogP contribution in [0.15, 0.2) is 35.4 Å². The van der Waals surface area contributed by atoms with Gasteiger partial charge in [-0.1, -0.05) is 34.8 Å². The number of amides is 1. The number of halogens is 3. The second kappa shape index (κ2) is 7.22. The molecule has 21 heavy (non-hydrogen) atoms. The highest BCUT2D eigenvalue weighted by Gasteiger charge is 2.10. The van der Waals surface area contributed by atoms with Gasteiger partial charge in [-0.15, -0.1) is 11.8 Å². The van der Waals surface area contributed by atoms with Gasteiger partial charge >= 0.3 is 0 Å². The summed E-state index contributed by atoms with van der Waals surface area (Å²) in [5.41, 5.74) is 6.27. The van der Waals surface area contributed by atoms with E-state index in [1.54, 1.807) is 18.2 Å². The predicted octanol–water partition coefficient (Wildman–Crippen LogP) is 4.35. The van der Waals surface area contributed by atoms with Crippen LogP contribution in [-0.4, -0.2) is 16.6 Å². The Labute approximate surface area is 141 Å². The molecule has 0 spiro atoms. The summed E-state index contributed by atoms with van der Waals surface area (Å²) in [6.45, 7) is 0. The zero-order chi connectivity index (χ0) is 15.4. The molecule has 0 aliphatic heterocycles. The number of nitrogens with one attached hydrogen (secondary N) is 1. The standard InChI is InChI=1S/C13H10Cl3N3OS/c14-7-3-10(16)13(18-5-7)19-12(20)6-21-11-4-8(17)1-2-9(11)15/h1-5H,6,17H2,(H,18,19,20). The van der Waals surface area contributed by atoms with E-state index in [1.807, 2.05) is 0 Å². The maximum absolute atomic E-state index is 11.9. The van der Waals surface area contributed by atoms with Crippen LogP contribution in [0.25, 0.3) is 0 Å². The SMILES string of the molecule is Nc1ccc(Cl)c(SCC(=O)Nc2ncc(Cl)cc2Cl)c1. The van der Waals surface area contributed by atoms with Gasteiger partial charge in [0.1, 0.15) is 0 Å². The van der Waals surface area contributed by atoms with E-state index in [0.717, 1.165) is 4.90 Å². The zero-order valence-corrected chi connectivity index (χ0v) is 13.7. The molecule has 0 fully saturated rings. The quantitative estimate of drug-likeness (QED) is 0.626. The molecule has 0 atom stereocenters. The topological polar surface area (TPSA) is 68.0 Å². The van der Waals surface area contributed by atoms with Gasteiger partial charge in [0, 0.05) is 16.8 Å².